The van der Waals surface area contributed by atoms with Gasteiger partial charge in [-0.15, -0.1) is 0 Å². The molecule has 3 amide bonds. The number of amides is 3. The van der Waals surface area contributed by atoms with Gasteiger partial charge in [0.15, 0.2) is 0 Å². The molecule has 6 nitrogen and oxygen atoms in total. The maximum atomic E-state index is 12.5. The lowest BCUT2D eigenvalue weighted by Gasteiger charge is -2.25. The van der Waals surface area contributed by atoms with E-state index in [2.05, 4.69) is 22.8 Å². The molecule has 26 heavy (non-hydrogen) atoms. The Kier molecular flexibility index (Phi) is 4.86. The van der Waals surface area contributed by atoms with Crippen LogP contribution in [0.2, 0.25) is 0 Å². The van der Waals surface area contributed by atoms with Crippen molar-refractivity contribution in [2.24, 2.45) is 0 Å². The van der Waals surface area contributed by atoms with Gasteiger partial charge < -0.3 is 10.2 Å². The van der Waals surface area contributed by atoms with E-state index < -0.39 is 11.8 Å². The molecule has 0 fully saturated rings. The molecule has 2 N–H and O–H groups in total. The largest absolute Gasteiger partial charge is 0.350 e. The third-order valence-corrected chi connectivity index (χ3v) is 4.54. The van der Waals surface area contributed by atoms with Crippen molar-refractivity contribution in [1.29, 1.82) is 0 Å². The highest BCUT2D eigenvalue weighted by Gasteiger charge is 2.27. The maximum Gasteiger partial charge on any atom is 0.258 e. The summed E-state index contributed by atoms with van der Waals surface area (Å²) in [6.07, 6.45) is 0. The van der Waals surface area contributed by atoms with E-state index in [0.717, 1.165) is 5.56 Å². The average molecular weight is 351 g/mol. The molecule has 0 aromatic heterocycles. The smallest absolute Gasteiger partial charge is 0.258 e. The van der Waals surface area contributed by atoms with Crippen molar-refractivity contribution in [2.45, 2.75) is 13.0 Å². The second kappa shape index (κ2) is 7.09. The van der Waals surface area contributed by atoms with Crippen LogP contribution in [0.3, 0.4) is 0 Å². The molecule has 134 valence electrons. The lowest BCUT2D eigenvalue weighted by atomic mass is 10.0. The molecule has 0 bridgehead atoms. The molecule has 1 heterocycles. The molecule has 2 aromatic carbocycles. The number of carbonyl (C=O) groups excluding carboxylic acids is 3. The van der Waals surface area contributed by atoms with Gasteiger partial charge in [0, 0.05) is 12.1 Å². The molecule has 0 radical (unpaired) electrons. The zero-order chi connectivity index (χ0) is 18.8. The average Bonchev–Trinajstić information content (AvgIpc) is 2.90. The van der Waals surface area contributed by atoms with E-state index in [1.807, 2.05) is 38.1 Å². The summed E-state index contributed by atoms with van der Waals surface area (Å²) < 4.78 is 0. The minimum absolute atomic E-state index is 0.0267. The molecule has 1 unspecified atom stereocenters. The van der Waals surface area contributed by atoms with Gasteiger partial charge in [0.25, 0.3) is 17.7 Å². The Hall–Kier alpha value is -2.99. The van der Waals surface area contributed by atoms with Crippen LogP contribution in [0.1, 0.15) is 48.2 Å². The van der Waals surface area contributed by atoms with Crippen LogP contribution in [0.25, 0.3) is 0 Å². The summed E-state index contributed by atoms with van der Waals surface area (Å²) in [6.45, 7) is 2.46. The van der Waals surface area contributed by atoms with Crippen molar-refractivity contribution in [3.05, 3.63) is 70.3 Å². The van der Waals surface area contributed by atoms with Gasteiger partial charge in [-0.05, 0) is 44.8 Å². The number of benzene rings is 2. The molecular formula is C20H21N3O3. The normalized spacial score (nSPS) is 14.2. The first-order valence-corrected chi connectivity index (χ1v) is 8.37. The number of nitrogens with one attached hydrogen (secondary N) is 2. The van der Waals surface area contributed by atoms with E-state index in [-0.39, 0.29) is 17.5 Å². The number of nitrogens with zero attached hydrogens (tertiary/aromatic N) is 1. The van der Waals surface area contributed by atoms with Crippen molar-refractivity contribution in [3.8, 4) is 0 Å². The SMILES string of the molecule is Cc1ccc(C(CNC(=O)c2ccc3c(c2)C(=O)NC3=O)N(C)C)cc1. The first-order chi connectivity index (χ1) is 12.4. The van der Waals surface area contributed by atoms with Gasteiger partial charge in [-0.3, -0.25) is 19.7 Å². The third-order valence-electron chi connectivity index (χ3n) is 4.54. The molecule has 1 aliphatic rings. The van der Waals surface area contributed by atoms with E-state index >= 15 is 0 Å². The zero-order valence-electron chi connectivity index (χ0n) is 15.0. The second-order valence-corrected chi connectivity index (χ2v) is 6.64. The van der Waals surface area contributed by atoms with Gasteiger partial charge in [-0.2, -0.15) is 0 Å². The van der Waals surface area contributed by atoms with Gasteiger partial charge in [0.05, 0.1) is 17.2 Å². The van der Waals surface area contributed by atoms with Crippen LogP contribution >= 0.6 is 0 Å². The molecule has 2 aromatic rings. The quantitative estimate of drug-likeness (QED) is 0.807. The summed E-state index contributed by atoms with van der Waals surface area (Å²) in [5, 5.41) is 5.14. The van der Waals surface area contributed by atoms with Gasteiger partial charge in [-0.1, -0.05) is 29.8 Å². The molecule has 6 heteroatoms. The van der Waals surface area contributed by atoms with Crippen LogP contribution in [0, 0.1) is 6.92 Å². The molecule has 0 saturated heterocycles. The highest BCUT2D eigenvalue weighted by Crippen LogP contribution is 2.19. The van der Waals surface area contributed by atoms with Crippen LogP contribution in [0.15, 0.2) is 42.5 Å². The van der Waals surface area contributed by atoms with E-state index in [4.69, 9.17) is 0 Å². The van der Waals surface area contributed by atoms with E-state index in [1.165, 1.54) is 17.7 Å². The number of hydrogen-bond donors (Lipinski definition) is 2. The van der Waals surface area contributed by atoms with E-state index in [1.54, 1.807) is 6.07 Å². The number of fused-ring (bicyclic) bond motifs is 1. The van der Waals surface area contributed by atoms with E-state index in [9.17, 15) is 14.4 Å². The van der Waals surface area contributed by atoms with Gasteiger partial charge in [-0.25, -0.2) is 0 Å². The predicted octanol–water partition coefficient (Wildman–Crippen LogP) is 1.91. The number of imide groups is 1. The minimum Gasteiger partial charge on any atom is -0.350 e. The summed E-state index contributed by atoms with van der Waals surface area (Å²) in [4.78, 5) is 37.9. The summed E-state index contributed by atoms with van der Waals surface area (Å²) in [6, 6.07) is 12.7. The molecule has 3 rings (SSSR count). The molecule has 0 saturated carbocycles. The monoisotopic (exact) mass is 351 g/mol. The number of carbonyl (C=O) groups is 3. The van der Waals surface area contributed by atoms with Crippen molar-refractivity contribution in [2.75, 3.05) is 20.6 Å². The van der Waals surface area contributed by atoms with Gasteiger partial charge >= 0.3 is 0 Å². The van der Waals surface area contributed by atoms with Crippen LogP contribution in [0.4, 0.5) is 0 Å². The Morgan fingerprint density at radius 1 is 1.04 bits per heavy atom. The number of rotatable bonds is 5. The molecule has 1 atom stereocenters. The predicted molar refractivity (Wildman–Crippen MR) is 98.2 cm³/mol. The van der Waals surface area contributed by atoms with Crippen molar-refractivity contribution in [3.63, 3.8) is 0 Å². The van der Waals surface area contributed by atoms with Gasteiger partial charge in [0.2, 0.25) is 0 Å². The van der Waals surface area contributed by atoms with Crippen molar-refractivity contribution in [1.82, 2.24) is 15.5 Å². The van der Waals surface area contributed by atoms with Crippen molar-refractivity contribution < 1.29 is 14.4 Å². The first kappa shape index (κ1) is 17.8. The topological polar surface area (TPSA) is 78.5 Å². The summed E-state index contributed by atoms with van der Waals surface area (Å²) in [5.41, 5.74) is 3.19. The van der Waals surface area contributed by atoms with Crippen LogP contribution in [-0.2, 0) is 0 Å². The fourth-order valence-corrected chi connectivity index (χ4v) is 2.99. The summed E-state index contributed by atoms with van der Waals surface area (Å²) >= 11 is 0. The number of likely N-dealkylation sites (N-methyl/N-ethyl adjacent to an activating group) is 1. The molecule has 0 aliphatic carbocycles. The van der Waals surface area contributed by atoms with Crippen LogP contribution in [-0.4, -0.2) is 43.3 Å². The Morgan fingerprint density at radius 3 is 2.35 bits per heavy atom. The third kappa shape index (κ3) is 3.50. The zero-order valence-corrected chi connectivity index (χ0v) is 15.0. The number of hydrogen-bond acceptors (Lipinski definition) is 4. The fraction of sp³-hybridized carbons (Fsp3) is 0.250. The molecular weight excluding hydrogens is 330 g/mol. The second-order valence-electron chi connectivity index (χ2n) is 6.64. The Balaban J connectivity index is 1.73. The maximum absolute atomic E-state index is 12.5. The summed E-state index contributed by atoms with van der Waals surface area (Å²) in [5.74, 6) is -1.17. The highest BCUT2D eigenvalue weighted by atomic mass is 16.2. The fourth-order valence-electron chi connectivity index (χ4n) is 2.99. The van der Waals surface area contributed by atoms with E-state index in [0.29, 0.717) is 17.7 Å². The summed E-state index contributed by atoms with van der Waals surface area (Å²) in [7, 11) is 3.92. The lowest BCUT2D eigenvalue weighted by Crippen LogP contribution is -2.34. The Labute approximate surface area is 152 Å². The number of aryl methyl sites for hydroxylation is 1. The highest BCUT2D eigenvalue weighted by molar-refractivity contribution is 6.22. The Bertz CT molecular complexity index is 872. The van der Waals surface area contributed by atoms with Crippen LogP contribution in [0.5, 0.6) is 0 Å². The first-order valence-electron chi connectivity index (χ1n) is 8.37. The minimum atomic E-state index is -0.467. The lowest BCUT2D eigenvalue weighted by molar-refractivity contribution is 0.0878. The molecule has 0 spiro atoms. The standard InChI is InChI=1S/C20H21N3O3/c1-12-4-6-13(7-5-12)17(23(2)3)11-21-18(24)14-8-9-15-16(10-14)20(26)22-19(15)25/h4-10,17H,11H2,1-3H3,(H,21,24)(H,22,25,26). The van der Waals surface area contributed by atoms with Crippen LogP contribution < -0.4 is 10.6 Å². The van der Waals surface area contributed by atoms with Gasteiger partial charge in [0.1, 0.15) is 0 Å². The Morgan fingerprint density at radius 2 is 1.69 bits per heavy atom. The molecule has 1 aliphatic heterocycles. The van der Waals surface area contributed by atoms with Crippen molar-refractivity contribution >= 4 is 17.7 Å².